The lowest BCUT2D eigenvalue weighted by Gasteiger charge is -2.13. The van der Waals surface area contributed by atoms with Gasteiger partial charge in [-0.05, 0) is 37.6 Å². The van der Waals surface area contributed by atoms with Crippen molar-refractivity contribution in [3.8, 4) is 11.8 Å². The molecule has 0 saturated carbocycles. The molecule has 1 aromatic rings. The van der Waals surface area contributed by atoms with Crippen LogP contribution in [-0.4, -0.2) is 37.2 Å². The number of rotatable bonds is 6. The van der Waals surface area contributed by atoms with Gasteiger partial charge in [0.2, 0.25) is 10.0 Å². The van der Waals surface area contributed by atoms with E-state index in [4.69, 9.17) is 5.73 Å². The molecule has 0 aliphatic rings. The Morgan fingerprint density at radius 1 is 1.33 bits per heavy atom. The van der Waals surface area contributed by atoms with Gasteiger partial charge < -0.3 is 5.73 Å². The van der Waals surface area contributed by atoms with E-state index >= 15 is 0 Å². The molecule has 0 spiro atoms. The van der Waals surface area contributed by atoms with Gasteiger partial charge in [0.15, 0.2) is 0 Å². The third-order valence-electron chi connectivity index (χ3n) is 2.69. The fraction of sp³-hybridized carbons (Fsp3) is 0.429. The molecule has 0 radical (unpaired) electrons. The Balaban J connectivity index is 2.76. The standard InChI is InChI=1S/C14H20N2O3S2/c1-12(9-11-20(2)17)16-21(18,19)14-7-5-13(6-8-14)4-3-10-15/h5-8,12,16H,9-11,15H2,1-2H3. The molecule has 0 bridgehead atoms. The summed E-state index contributed by atoms with van der Waals surface area (Å²) >= 11 is 0. The molecule has 0 aliphatic carbocycles. The number of nitrogens with one attached hydrogen (secondary N) is 1. The predicted octanol–water partition coefficient (Wildman–Crippen LogP) is 0.432. The Kier molecular flexibility index (Phi) is 7.05. The van der Waals surface area contributed by atoms with Crippen LogP contribution in [0.1, 0.15) is 18.9 Å². The van der Waals surface area contributed by atoms with Crippen LogP contribution in [0.3, 0.4) is 0 Å². The van der Waals surface area contributed by atoms with E-state index in [0.29, 0.717) is 17.7 Å². The van der Waals surface area contributed by atoms with Crippen LogP contribution in [0.15, 0.2) is 29.2 Å². The van der Waals surface area contributed by atoms with Gasteiger partial charge in [-0.25, -0.2) is 13.1 Å². The monoisotopic (exact) mass is 328 g/mol. The molecule has 0 saturated heterocycles. The molecular weight excluding hydrogens is 308 g/mol. The summed E-state index contributed by atoms with van der Waals surface area (Å²) in [4.78, 5) is 0.185. The molecule has 0 amide bonds. The van der Waals surface area contributed by atoms with E-state index in [0.717, 1.165) is 0 Å². The second-order valence-corrected chi connectivity index (χ2v) is 7.89. The maximum Gasteiger partial charge on any atom is 0.240 e. The summed E-state index contributed by atoms with van der Waals surface area (Å²) in [5.41, 5.74) is 6.00. The molecule has 116 valence electrons. The fourth-order valence-corrected chi connectivity index (χ4v) is 3.57. The molecule has 5 nitrogen and oxygen atoms in total. The summed E-state index contributed by atoms with van der Waals surface area (Å²) in [5, 5.41) is 0. The highest BCUT2D eigenvalue weighted by Crippen LogP contribution is 2.11. The Morgan fingerprint density at radius 3 is 2.48 bits per heavy atom. The van der Waals surface area contributed by atoms with Gasteiger partial charge in [-0.3, -0.25) is 4.21 Å². The lowest BCUT2D eigenvalue weighted by atomic mass is 10.2. The van der Waals surface area contributed by atoms with E-state index < -0.39 is 20.8 Å². The highest BCUT2D eigenvalue weighted by Gasteiger charge is 2.17. The van der Waals surface area contributed by atoms with Gasteiger partial charge in [-0.2, -0.15) is 0 Å². The Hall–Kier alpha value is -1.20. The quantitative estimate of drug-likeness (QED) is 0.741. The zero-order valence-electron chi connectivity index (χ0n) is 12.1. The fourth-order valence-electron chi connectivity index (χ4n) is 1.61. The van der Waals surface area contributed by atoms with E-state index in [9.17, 15) is 12.6 Å². The van der Waals surface area contributed by atoms with Gasteiger partial charge in [0.1, 0.15) is 0 Å². The molecular formula is C14H20N2O3S2. The number of sulfonamides is 1. The third kappa shape index (κ3) is 6.40. The number of hydrogen-bond donors (Lipinski definition) is 2. The number of nitrogens with two attached hydrogens (primary N) is 1. The first-order valence-corrected chi connectivity index (χ1v) is 9.67. The van der Waals surface area contributed by atoms with Crippen LogP contribution in [0.5, 0.6) is 0 Å². The molecule has 7 heteroatoms. The Morgan fingerprint density at radius 2 is 1.95 bits per heavy atom. The minimum atomic E-state index is -3.57. The highest BCUT2D eigenvalue weighted by molar-refractivity contribution is 7.89. The van der Waals surface area contributed by atoms with Crippen molar-refractivity contribution in [3.63, 3.8) is 0 Å². The second kappa shape index (κ2) is 8.29. The van der Waals surface area contributed by atoms with Crippen LogP contribution < -0.4 is 10.5 Å². The zero-order valence-corrected chi connectivity index (χ0v) is 13.8. The van der Waals surface area contributed by atoms with E-state index in [-0.39, 0.29) is 17.5 Å². The van der Waals surface area contributed by atoms with E-state index in [1.165, 1.54) is 12.1 Å². The zero-order chi connectivity index (χ0) is 15.9. The first-order chi connectivity index (χ1) is 9.85. The van der Waals surface area contributed by atoms with Crippen LogP contribution in [0.4, 0.5) is 0 Å². The van der Waals surface area contributed by atoms with Crippen molar-refractivity contribution in [2.45, 2.75) is 24.3 Å². The molecule has 2 atom stereocenters. The van der Waals surface area contributed by atoms with Gasteiger partial charge in [-0.1, -0.05) is 11.8 Å². The summed E-state index contributed by atoms with van der Waals surface area (Å²) in [7, 11) is -4.49. The Bertz CT molecular complexity index is 643. The summed E-state index contributed by atoms with van der Waals surface area (Å²) in [5.74, 6) is 6.01. The minimum Gasteiger partial charge on any atom is -0.320 e. The summed E-state index contributed by atoms with van der Waals surface area (Å²) < 4.78 is 37.9. The normalized spacial score (nSPS) is 14.0. The van der Waals surface area contributed by atoms with E-state index in [1.807, 2.05) is 0 Å². The molecule has 21 heavy (non-hydrogen) atoms. The summed E-state index contributed by atoms with van der Waals surface area (Å²) in [6.45, 7) is 2.02. The molecule has 2 unspecified atom stereocenters. The molecule has 1 rings (SSSR count). The van der Waals surface area contributed by atoms with Gasteiger partial charge in [0.25, 0.3) is 0 Å². The number of benzene rings is 1. The molecule has 1 aromatic carbocycles. The van der Waals surface area contributed by atoms with Crippen molar-refractivity contribution < 1.29 is 12.6 Å². The largest absolute Gasteiger partial charge is 0.320 e. The van der Waals surface area contributed by atoms with Gasteiger partial charge >= 0.3 is 0 Å². The van der Waals surface area contributed by atoms with Crippen molar-refractivity contribution >= 4 is 20.8 Å². The Labute approximate surface area is 128 Å². The predicted molar refractivity (Wildman–Crippen MR) is 85.7 cm³/mol. The van der Waals surface area contributed by atoms with Crippen molar-refractivity contribution in [2.24, 2.45) is 5.73 Å². The average Bonchev–Trinajstić information content (AvgIpc) is 2.43. The first-order valence-electron chi connectivity index (χ1n) is 6.46. The molecule has 0 aliphatic heterocycles. The minimum absolute atomic E-state index is 0.185. The molecule has 0 aromatic heterocycles. The van der Waals surface area contributed by atoms with Crippen LogP contribution in [0.2, 0.25) is 0 Å². The SMILES string of the molecule is CC(CCS(C)=O)NS(=O)(=O)c1ccc(C#CCN)cc1. The first kappa shape index (κ1) is 17.9. The van der Waals surface area contributed by atoms with Gasteiger partial charge in [0, 0.05) is 34.4 Å². The van der Waals surface area contributed by atoms with Gasteiger partial charge in [-0.15, -0.1) is 0 Å². The molecule has 0 heterocycles. The lowest BCUT2D eigenvalue weighted by Crippen LogP contribution is -2.33. The van der Waals surface area contributed by atoms with E-state index in [2.05, 4.69) is 16.6 Å². The topological polar surface area (TPSA) is 89.3 Å². The lowest BCUT2D eigenvalue weighted by molar-refractivity contribution is 0.556. The van der Waals surface area contributed by atoms with Crippen LogP contribution in [0.25, 0.3) is 0 Å². The average molecular weight is 328 g/mol. The maximum absolute atomic E-state index is 12.2. The number of hydrogen-bond acceptors (Lipinski definition) is 4. The van der Waals surface area contributed by atoms with Crippen molar-refractivity contribution in [1.29, 1.82) is 0 Å². The second-order valence-electron chi connectivity index (χ2n) is 4.62. The molecule has 0 fully saturated rings. The van der Waals surface area contributed by atoms with Crippen LogP contribution >= 0.6 is 0 Å². The third-order valence-corrected chi connectivity index (χ3v) is 5.11. The van der Waals surface area contributed by atoms with Crippen molar-refractivity contribution in [2.75, 3.05) is 18.6 Å². The maximum atomic E-state index is 12.2. The van der Waals surface area contributed by atoms with Crippen molar-refractivity contribution in [3.05, 3.63) is 29.8 Å². The van der Waals surface area contributed by atoms with E-state index in [1.54, 1.807) is 25.3 Å². The van der Waals surface area contributed by atoms with Crippen LogP contribution in [0, 0.1) is 11.8 Å². The summed E-state index contributed by atoms with van der Waals surface area (Å²) in [6, 6.07) is 6.03. The highest BCUT2D eigenvalue weighted by atomic mass is 32.2. The van der Waals surface area contributed by atoms with Crippen LogP contribution in [-0.2, 0) is 20.8 Å². The molecule has 3 N–H and O–H groups in total. The summed E-state index contributed by atoms with van der Waals surface area (Å²) in [6.07, 6.45) is 2.13. The smallest absolute Gasteiger partial charge is 0.240 e. The van der Waals surface area contributed by atoms with Crippen molar-refractivity contribution in [1.82, 2.24) is 4.72 Å². The van der Waals surface area contributed by atoms with Gasteiger partial charge in [0.05, 0.1) is 11.4 Å².